The molecule has 1 heterocycles. The van der Waals surface area contributed by atoms with Crippen molar-refractivity contribution in [2.24, 2.45) is 5.73 Å². The lowest BCUT2D eigenvalue weighted by Gasteiger charge is -2.02. The van der Waals surface area contributed by atoms with Gasteiger partial charge in [0.05, 0.1) is 5.56 Å². The van der Waals surface area contributed by atoms with Crippen LogP contribution in [0.1, 0.15) is 20.7 Å². The zero-order chi connectivity index (χ0) is 14.7. The molecule has 2 aromatic rings. The van der Waals surface area contributed by atoms with E-state index >= 15 is 0 Å². The predicted molar refractivity (Wildman–Crippen MR) is 69.3 cm³/mol. The van der Waals surface area contributed by atoms with Crippen LogP contribution >= 0.6 is 0 Å². The van der Waals surface area contributed by atoms with Crippen molar-refractivity contribution in [3.8, 4) is 11.5 Å². The molecule has 6 heteroatoms. The SMILES string of the molecule is NC(=O)c1ccc[n+](CC(=O)c2ccc(O)cc2O)c1. The summed E-state index contributed by atoms with van der Waals surface area (Å²) in [6.07, 6.45) is 3.07. The van der Waals surface area contributed by atoms with E-state index in [2.05, 4.69) is 0 Å². The van der Waals surface area contributed by atoms with E-state index in [1.165, 1.54) is 22.9 Å². The minimum Gasteiger partial charge on any atom is -0.508 e. The fourth-order valence-electron chi connectivity index (χ4n) is 1.77. The standard InChI is InChI=1S/C14H12N2O4/c15-14(20)9-2-1-5-16(7-9)8-13(19)11-4-3-10(17)6-12(11)18/h1-7H,8H2,(H3-,15,17,18,19,20)/p+1. The number of carbonyl (C=O) groups excluding carboxylic acids is 2. The summed E-state index contributed by atoms with van der Waals surface area (Å²) in [7, 11) is 0. The highest BCUT2D eigenvalue weighted by molar-refractivity contribution is 5.97. The van der Waals surface area contributed by atoms with Gasteiger partial charge in [0.25, 0.3) is 5.91 Å². The van der Waals surface area contributed by atoms with E-state index < -0.39 is 5.91 Å². The van der Waals surface area contributed by atoms with Crippen molar-refractivity contribution in [2.75, 3.05) is 0 Å². The van der Waals surface area contributed by atoms with Crippen LogP contribution in [-0.4, -0.2) is 21.9 Å². The number of hydrogen-bond donors (Lipinski definition) is 3. The van der Waals surface area contributed by atoms with Crippen LogP contribution in [0, 0.1) is 0 Å². The van der Waals surface area contributed by atoms with Crippen molar-refractivity contribution < 1.29 is 24.4 Å². The summed E-state index contributed by atoms with van der Waals surface area (Å²) in [5, 5.41) is 18.8. The van der Waals surface area contributed by atoms with Gasteiger partial charge in [-0.3, -0.25) is 9.59 Å². The number of ketones is 1. The Bertz CT molecular complexity index is 683. The number of Topliss-reactive ketones (excluding diaryl/α,β-unsaturated/α-hetero) is 1. The minimum absolute atomic E-state index is 0.0561. The number of nitrogens with zero attached hydrogens (tertiary/aromatic N) is 1. The second-order valence-corrected chi connectivity index (χ2v) is 4.25. The summed E-state index contributed by atoms with van der Waals surface area (Å²) in [5.41, 5.74) is 5.54. The van der Waals surface area contributed by atoms with Crippen LogP contribution in [-0.2, 0) is 6.54 Å². The highest BCUT2D eigenvalue weighted by atomic mass is 16.3. The van der Waals surface area contributed by atoms with Gasteiger partial charge in [0.1, 0.15) is 17.1 Å². The van der Waals surface area contributed by atoms with Gasteiger partial charge in [-0.2, -0.15) is 4.57 Å². The van der Waals surface area contributed by atoms with Gasteiger partial charge in [0.2, 0.25) is 12.3 Å². The highest BCUT2D eigenvalue weighted by Crippen LogP contribution is 2.22. The fraction of sp³-hybridized carbons (Fsp3) is 0.0714. The van der Waals surface area contributed by atoms with E-state index in [9.17, 15) is 19.8 Å². The number of aromatic nitrogens is 1. The summed E-state index contributed by atoms with van der Waals surface area (Å²) in [5.74, 6) is -1.35. The van der Waals surface area contributed by atoms with E-state index in [0.717, 1.165) is 6.07 Å². The molecular formula is C14H13N2O4+. The molecule has 20 heavy (non-hydrogen) atoms. The molecule has 0 fully saturated rings. The number of hydrogen-bond acceptors (Lipinski definition) is 4. The second kappa shape index (κ2) is 5.40. The van der Waals surface area contributed by atoms with Crippen LogP contribution in [0.4, 0.5) is 0 Å². The van der Waals surface area contributed by atoms with Crippen LogP contribution < -0.4 is 10.3 Å². The molecule has 1 amide bonds. The van der Waals surface area contributed by atoms with Crippen molar-refractivity contribution in [1.82, 2.24) is 0 Å². The smallest absolute Gasteiger partial charge is 0.254 e. The Labute approximate surface area is 114 Å². The molecule has 0 spiro atoms. The van der Waals surface area contributed by atoms with Crippen molar-refractivity contribution in [3.05, 3.63) is 53.9 Å². The molecule has 102 valence electrons. The topological polar surface area (TPSA) is 105 Å². The Morgan fingerprint density at radius 1 is 1.20 bits per heavy atom. The molecule has 0 aliphatic rings. The molecule has 4 N–H and O–H groups in total. The zero-order valence-corrected chi connectivity index (χ0v) is 10.5. The van der Waals surface area contributed by atoms with E-state index in [4.69, 9.17) is 5.73 Å². The van der Waals surface area contributed by atoms with Gasteiger partial charge in [-0.25, -0.2) is 0 Å². The first-order chi connectivity index (χ1) is 9.47. The minimum atomic E-state index is -0.584. The molecule has 0 unspecified atom stereocenters. The first-order valence-corrected chi connectivity index (χ1v) is 5.81. The molecule has 0 saturated heterocycles. The number of phenols is 2. The second-order valence-electron chi connectivity index (χ2n) is 4.25. The van der Waals surface area contributed by atoms with Gasteiger partial charge < -0.3 is 15.9 Å². The third kappa shape index (κ3) is 2.92. The van der Waals surface area contributed by atoms with Crippen molar-refractivity contribution in [2.45, 2.75) is 6.54 Å². The summed E-state index contributed by atoms with van der Waals surface area (Å²) in [4.78, 5) is 23.1. The Balaban J connectivity index is 2.23. The Kier molecular flexibility index (Phi) is 3.65. The van der Waals surface area contributed by atoms with Gasteiger partial charge in [0.15, 0.2) is 12.4 Å². The largest absolute Gasteiger partial charge is 0.508 e. The fourth-order valence-corrected chi connectivity index (χ4v) is 1.77. The molecule has 6 nitrogen and oxygen atoms in total. The maximum absolute atomic E-state index is 12.0. The van der Waals surface area contributed by atoms with Gasteiger partial charge in [0, 0.05) is 12.1 Å². The first kappa shape index (κ1) is 13.5. The number of primary amides is 1. The summed E-state index contributed by atoms with van der Waals surface area (Å²) in [6.45, 7) is -0.0561. The van der Waals surface area contributed by atoms with Crippen molar-refractivity contribution in [1.29, 1.82) is 0 Å². The lowest BCUT2D eigenvalue weighted by Crippen LogP contribution is -2.38. The van der Waals surface area contributed by atoms with Gasteiger partial charge in [-0.1, -0.05) is 0 Å². The first-order valence-electron chi connectivity index (χ1n) is 5.81. The zero-order valence-electron chi connectivity index (χ0n) is 10.5. The maximum Gasteiger partial charge on any atom is 0.254 e. The monoisotopic (exact) mass is 273 g/mol. The number of benzene rings is 1. The molecule has 0 saturated carbocycles. The molecule has 0 aliphatic heterocycles. The quantitative estimate of drug-likeness (QED) is 0.552. The number of nitrogens with two attached hydrogens (primary N) is 1. The van der Waals surface area contributed by atoms with Gasteiger partial charge in [-0.15, -0.1) is 0 Å². The lowest BCUT2D eigenvalue weighted by molar-refractivity contribution is -0.683. The number of amides is 1. The summed E-state index contributed by atoms with van der Waals surface area (Å²) < 4.78 is 1.49. The predicted octanol–water partition coefficient (Wildman–Crippen LogP) is 0.367. The molecular weight excluding hydrogens is 260 g/mol. The van der Waals surface area contributed by atoms with Gasteiger partial charge >= 0.3 is 0 Å². The molecule has 1 aromatic carbocycles. The van der Waals surface area contributed by atoms with Crippen LogP contribution in [0.25, 0.3) is 0 Å². The Morgan fingerprint density at radius 3 is 2.60 bits per heavy atom. The third-order valence-electron chi connectivity index (χ3n) is 2.75. The Morgan fingerprint density at radius 2 is 1.95 bits per heavy atom. The van der Waals surface area contributed by atoms with Crippen LogP contribution in [0.2, 0.25) is 0 Å². The Hall–Kier alpha value is -2.89. The van der Waals surface area contributed by atoms with E-state index in [-0.39, 0.29) is 35.0 Å². The third-order valence-corrected chi connectivity index (χ3v) is 2.75. The normalized spacial score (nSPS) is 10.2. The molecule has 2 rings (SSSR count). The van der Waals surface area contributed by atoms with E-state index in [1.54, 1.807) is 18.3 Å². The average Bonchev–Trinajstić information content (AvgIpc) is 2.38. The van der Waals surface area contributed by atoms with Crippen LogP contribution in [0.3, 0.4) is 0 Å². The summed E-state index contributed by atoms with van der Waals surface area (Å²) in [6, 6.07) is 6.89. The summed E-state index contributed by atoms with van der Waals surface area (Å²) >= 11 is 0. The number of aromatic hydroxyl groups is 2. The number of rotatable bonds is 4. The maximum atomic E-state index is 12.0. The molecule has 1 aromatic heterocycles. The number of pyridine rings is 1. The van der Waals surface area contributed by atoms with Crippen molar-refractivity contribution in [3.63, 3.8) is 0 Å². The van der Waals surface area contributed by atoms with Crippen LogP contribution in [0.15, 0.2) is 42.7 Å². The van der Waals surface area contributed by atoms with Crippen LogP contribution in [0.5, 0.6) is 11.5 Å². The average molecular weight is 273 g/mol. The number of carbonyl (C=O) groups is 2. The number of phenolic OH excluding ortho intramolecular Hbond substituents is 2. The molecule has 0 aliphatic carbocycles. The van der Waals surface area contributed by atoms with Gasteiger partial charge in [-0.05, 0) is 18.2 Å². The molecule has 0 radical (unpaired) electrons. The van der Waals surface area contributed by atoms with E-state index in [1.807, 2.05) is 0 Å². The molecule has 0 atom stereocenters. The lowest BCUT2D eigenvalue weighted by atomic mass is 10.1. The highest BCUT2D eigenvalue weighted by Gasteiger charge is 2.17. The van der Waals surface area contributed by atoms with Crippen molar-refractivity contribution >= 4 is 11.7 Å². The molecule has 0 bridgehead atoms. The van der Waals surface area contributed by atoms with E-state index in [0.29, 0.717) is 0 Å².